The maximum absolute atomic E-state index is 6.06. The molecule has 0 atom stereocenters. The summed E-state index contributed by atoms with van der Waals surface area (Å²) < 4.78 is 1.88. The number of benzene rings is 1. The third kappa shape index (κ3) is 2.65. The van der Waals surface area contributed by atoms with E-state index in [2.05, 4.69) is 10.3 Å². The summed E-state index contributed by atoms with van der Waals surface area (Å²) in [4.78, 5) is 4.34. The Morgan fingerprint density at radius 3 is 2.50 bits per heavy atom. The van der Waals surface area contributed by atoms with Crippen LogP contribution in [0.3, 0.4) is 0 Å². The van der Waals surface area contributed by atoms with Gasteiger partial charge in [-0.2, -0.15) is 5.10 Å². The maximum Gasteiger partial charge on any atom is 0.165 e. The first-order valence-electron chi connectivity index (χ1n) is 7.60. The molecule has 1 aromatic carbocycles. The summed E-state index contributed by atoms with van der Waals surface area (Å²) >= 11 is 0. The number of nitrogens with two attached hydrogens (primary N) is 2. The second-order valence-electron chi connectivity index (χ2n) is 5.57. The predicted molar refractivity (Wildman–Crippen MR) is 98.1 cm³/mol. The number of pyridine rings is 1. The molecule has 7 heteroatoms. The predicted octanol–water partition coefficient (Wildman–Crippen LogP) is 2.18. The summed E-state index contributed by atoms with van der Waals surface area (Å²) in [5.74, 6) is 7.18. The summed E-state index contributed by atoms with van der Waals surface area (Å²) in [6.07, 6.45) is 1.74. The Hall–Kier alpha value is -3.06. The number of anilines is 3. The highest BCUT2D eigenvalue weighted by molar-refractivity contribution is 5.75. The van der Waals surface area contributed by atoms with Crippen LogP contribution in [0.4, 0.5) is 17.3 Å². The Bertz CT molecular complexity index is 853. The highest BCUT2D eigenvalue weighted by atomic mass is 15.4. The number of para-hydroxylation sites is 1. The molecular weight excluding hydrogens is 302 g/mol. The van der Waals surface area contributed by atoms with Gasteiger partial charge in [0.2, 0.25) is 0 Å². The van der Waals surface area contributed by atoms with Crippen LogP contribution in [0.5, 0.6) is 0 Å². The second-order valence-corrected chi connectivity index (χ2v) is 5.57. The molecule has 24 heavy (non-hydrogen) atoms. The first-order chi connectivity index (χ1) is 11.5. The Morgan fingerprint density at radius 2 is 1.92 bits per heavy atom. The molecule has 0 aliphatic heterocycles. The molecule has 0 aliphatic rings. The van der Waals surface area contributed by atoms with E-state index in [1.807, 2.05) is 55.1 Å². The molecule has 7 nitrogen and oxygen atoms in total. The van der Waals surface area contributed by atoms with E-state index in [0.717, 1.165) is 28.3 Å². The van der Waals surface area contributed by atoms with Gasteiger partial charge in [0, 0.05) is 31.4 Å². The SMILES string of the molecule is CNc1c(C)c(-c2cnc(N(C)N)c(N)c2)nn1-c1ccccc1. The van der Waals surface area contributed by atoms with E-state index in [9.17, 15) is 0 Å². The van der Waals surface area contributed by atoms with Gasteiger partial charge >= 0.3 is 0 Å². The number of nitrogen functional groups attached to an aromatic ring is 1. The van der Waals surface area contributed by atoms with Gasteiger partial charge in [0.1, 0.15) is 5.82 Å². The summed E-state index contributed by atoms with van der Waals surface area (Å²) in [7, 11) is 3.58. The van der Waals surface area contributed by atoms with Crippen molar-refractivity contribution in [3.05, 3.63) is 48.2 Å². The lowest BCUT2D eigenvalue weighted by atomic mass is 10.1. The molecule has 0 fully saturated rings. The Balaban J connectivity index is 2.13. The summed E-state index contributed by atoms with van der Waals surface area (Å²) in [6.45, 7) is 2.02. The lowest BCUT2D eigenvalue weighted by Gasteiger charge is -2.13. The van der Waals surface area contributed by atoms with Crippen LogP contribution in [-0.4, -0.2) is 28.9 Å². The molecule has 2 heterocycles. The van der Waals surface area contributed by atoms with E-state index < -0.39 is 0 Å². The number of rotatable bonds is 4. The average molecular weight is 323 g/mol. The van der Waals surface area contributed by atoms with Crippen molar-refractivity contribution in [2.24, 2.45) is 5.84 Å². The van der Waals surface area contributed by atoms with Crippen molar-refractivity contribution in [3.63, 3.8) is 0 Å². The van der Waals surface area contributed by atoms with Crippen LogP contribution in [-0.2, 0) is 0 Å². The first kappa shape index (κ1) is 15.8. The minimum absolute atomic E-state index is 0.511. The highest BCUT2D eigenvalue weighted by Gasteiger charge is 2.17. The third-order valence-electron chi connectivity index (χ3n) is 3.86. The smallest absolute Gasteiger partial charge is 0.165 e. The lowest BCUT2D eigenvalue weighted by Crippen LogP contribution is -2.27. The van der Waals surface area contributed by atoms with E-state index in [0.29, 0.717) is 11.5 Å². The van der Waals surface area contributed by atoms with E-state index in [1.54, 1.807) is 13.2 Å². The molecular formula is C17H21N7. The Labute approximate surface area is 140 Å². The fraction of sp³-hybridized carbons (Fsp3) is 0.176. The number of nitrogens with one attached hydrogen (secondary N) is 1. The molecule has 2 aromatic heterocycles. The standard InChI is InChI=1S/C17H21N7/c1-11-15(12-9-14(18)17(21-10-12)23(3)19)22-24(16(11)20-2)13-7-5-4-6-8-13/h4-10,20H,18-19H2,1-3H3. The van der Waals surface area contributed by atoms with Crippen LogP contribution in [0.2, 0.25) is 0 Å². The molecule has 0 aliphatic carbocycles. The number of nitrogens with zero attached hydrogens (tertiary/aromatic N) is 4. The van der Waals surface area contributed by atoms with Crippen LogP contribution in [0.1, 0.15) is 5.56 Å². The number of aromatic nitrogens is 3. The van der Waals surface area contributed by atoms with Gasteiger partial charge in [0.15, 0.2) is 5.82 Å². The molecule has 5 N–H and O–H groups in total. The van der Waals surface area contributed by atoms with Crippen molar-refractivity contribution < 1.29 is 0 Å². The van der Waals surface area contributed by atoms with E-state index in [-0.39, 0.29) is 0 Å². The summed E-state index contributed by atoms with van der Waals surface area (Å²) in [5, 5.41) is 9.36. The molecule has 0 saturated carbocycles. The second kappa shape index (κ2) is 6.21. The van der Waals surface area contributed by atoms with E-state index in [4.69, 9.17) is 16.7 Å². The third-order valence-corrected chi connectivity index (χ3v) is 3.86. The van der Waals surface area contributed by atoms with E-state index >= 15 is 0 Å². The van der Waals surface area contributed by atoms with Crippen LogP contribution in [0, 0.1) is 6.92 Å². The monoisotopic (exact) mass is 323 g/mol. The van der Waals surface area contributed by atoms with Gasteiger partial charge in [-0.05, 0) is 25.1 Å². The van der Waals surface area contributed by atoms with Gasteiger partial charge in [-0.3, -0.25) is 5.01 Å². The van der Waals surface area contributed by atoms with Crippen LogP contribution in [0.25, 0.3) is 16.9 Å². The summed E-state index contributed by atoms with van der Waals surface area (Å²) in [5.41, 5.74) is 10.3. The summed E-state index contributed by atoms with van der Waals surface area (Å²) in [6, 6.07) is 11.8. The minimum Gasteiger partial charge on any atom is -0.396 e. The fourth-order valence-corrected chi connectivity index (χ4v) is 2.72. The number of hydrogen-bond acceptors (Lipinski definition) is 6. The molecule has 0 spiro atoms. The Morgan fingerprint density at radius 1 is 1.21 bits per heavy atom. The zero-order valence-corrected chi connectivity index (χ0v) is 14.0. The topological polar surface area (TPSA) is 98.0 Å². The van der Waals surface area contributed by atoms with Crippen molar-refractivity contribution in [1.29, 1.82) is 0 Å². The van der Waals surface area contributed by atoms with Gasteiger partial charge in [0.05, 0.1) is 17.1 Å². The lowest BCUT2D eigenvalue weighted by molar-refractivity contribution is 0.888. The molecule has 0 amide bonds. The van der Waals surface area contributed by atoms with Crippen molar-refractivity contribution in [2.75, 3.05) is 30.2 Å². The first-order valence-corrected chi connectivity index (χ1v) is 7.60. The van der Waals surface area contributed by atoms with Crippen molar-refractivity contribution in [1.82, 2.24) is 14.8 Å². The van der Waals surface area contributed by atoms with Gasteiger partial charge in [-0.1, -0.05) is 18.2 Å². The zero-order chi connectivity index (χ0) is 17.3. The van der Waals surface area contributed by atoms with Gasteiger partial charge in [0.25, 0.3) is 0 Å². The zero-order valence-electron chi connectivity index (χ0n) is 14.0. The van der Waals surface area contributed by atoms with Crippen molar-refractivity contribution in [3.8, 4) is 16.9 Å². The van der Waals surface area contributed by atoms with Crippen molar-refractivity contribution >= 4 is 17.3 Å². The van der Waals surface area contributed by atoms with Gasteiger partial charge < -0.3 is 11.1 Å². The normalized spacial score (nSPS) is 10.7. The Kier molecular flexibility index (Phi) is 4.09. The molecule has 3 aromatic rings. The molecule has 0 unspecified atom stereocenters. The molecule has 0 saturated heterocycles. The fourth-order valence-electron chi connectivity index (χ4n) is 2.72. The van der Waals surface area contributed by atoms with Crippen LogP contribution < -0.4 is 21.9 Å². The quantitative estimate of drug-likeness (QED) is 0.503. The van der Waals surface area contributed by atoms with Gasteiger partial charge in [-0.25, -0.2) is 15.5 Å². The van der Waals surface area contributed by atoms with Crippen LogP contribution in [0.15, 0.2) is 42.6 Å². The highest BCUT2D eigenvalue weighted by Crippen LogP contribution is 2.32. The van der Waals surface area contributed by atoms with Gasteiger partial charge in [-0.15, -0.1) is 0 Å². The number of hydrazine groups is 1. The maximum atomic E-state index is 6.06. The van der Waals surface area contributed by atoms with Crippen molar-refractivity contribution in [2.45, 2.75) is 6.92 Å². The van der Waals surface area contributed by atoms with E-state index in [1.165, 1.54) is 5.01 Å². The number of hydrogen-bond donors (Lipinski definition) is 3. The molecule has 3 rings (SSSR count). The molecule has 0 radical (unpaired) electrons. The average Bonchev–Trinajstić information content (AvgIpc) is 2.91. The molecule has 124 valence electrons. The molecule has 0 bridgehead atoms. The van der Waals surface area contributed by atoms with Crippen LogP contribution >= 0.6 is 0 Å². The minimum atomic E-state index is 0.511. The largest absolute Gasteiger partial charge is 0.396 e.